The van der Waals surface area contributed by atoms with Gasteiger partial charge in [0.1, 0.15) is 0 Å². The third-order valence-corrected chi connectivity index (χ3v) is 3.41. The first kappa shape index (κ1) is 15.2. The van der Waals surface area contributed by atoms with E-state index in [1.165, 1.54) is 12.2 Å². The molecule has 6 heteroatoms. The van der Waals surface area contributed by atoms with Gasteiger partial charge in [0.25, 0.3) is 0 Å². The van der Waals surface area contributed by atoms with Gasteiger partial charge in [0.15, 0.2) is 5.60 Å². The van der Waals surface area contributed by atoms with E-state index in [1.54, 1.807) is 24.3 Å². The van der Waals surface area contributed by atoms with Crippen molar-refractivity contribution >= 4 is 5.97 Å². The number of aliphatic carboxylic acids is 1. The number of carboxylic acids is 1. The van der Waals surface area contributed by atoms with E-state index in [1.807, 2.05) is 6.07 Å². The minimum absolute atomic E-state index is 0.0190. The number of aliphatic hydroxyl groups excluding tert-OH is 2. The smallest absolute Gasteiger partial charge is 0.340 e. The lowest BCUT2D eigenvalue weighted by Gasteiger charge is -2.33. The van der Waals surface area contributed by atoms with Gasteiger partial charge in [-0.2, -0.15) is 5.26 Å². The van der Waals surface area contributed by atoms with Crippen molar-refractivity contribution in [1.29, 1.82) is 5.26 Å². The number of nitriles is 1. The van der Waals surface area contributed by atoms with Gasteiger partial charge >= 0.3 is 5.97 Å². The van der Waals surface area contributed by atoms with Gasteiger partial charge in [0, 0.05) is 6.42 Å². The molecule has 0 saturated heterocycles. The molecule has 0 saturated carbocycles. The van der Waals surface area contributed by atoms with Crippen LogP contribution in [-0.4, -0.2) is 39.1 Å². The van der Waals surface area contributed by atoms with Crippen molar-refractivity contribution < 1.29 is 24.9 Å². The predicted octanol–water partition coefficient (Wildman–Crippen LogP) is 0.580. The normalized spacial score (nSPS) is 28.0. The van der Waals surface area contributed by atoms with Gasteiger partial charge in [-0.15, -0.1) is 0 Å². The van der Waals surface area contributed by atoms with Crippen LogP contribution < -0.4 is 0 Å². The molecule has 0 spiro atoms. The predicted molar refractivity (Wildman–Crippen MR) is 72.1 cm³/mol. The molecule has 21 heavy (non-hydrogen) atoms. The van der Waals surface area contributed by atoms with Crippen LogP contribution in [0.3, 0.4) is 0 Å². The van der Waals surface area contributed by atoms with Crippen LogP contribution in [0.1, 0.15) is 17.5 Å². The molecule has 1 aromatic carbocycles. The molecule has 0 aliphatic heterocycles. The Labute approximate surface area is 121 Å². The Balaban J connectivity index is 2.12. The molecular formula is C15H15NO5. The summed E-state index contributed by atoms with van der Waals surface area (Å²) in [5.41, 5.74) is -0.446. The summed E-state index contributed by atoms with van der Waals surface area (Å²) in [6.45, 7) is 0.0190. The Hall–Kier alpha value is -2.20. The lowest BCUT2D eigenvalue weighted by atomic mass is 9.87. The molecule has 0 radical (unpaired) electrons. The third-order valence-electron chi connectivity index (χ3n) is 3.41. The van der Waals surface area contributed by atoms with Crippen LogP contribution in [0.4, 0.5) is 0 Å². The first-order valence-corrected chi connectivity index (χ1v) is 6.39. The molecule has 3 atom stereocenters. The maximum atomic E-state index is 11.4. The van der Waals surface area contributed by atoms with Crippen molar-refractivity contribution in [3.63, 3.8) is 0 Å². The Morgan fingerprint density at radius 1 is 1.38 bits per heavy atom. The van der Waals surface area contributed by atoms with Crippen LogP contribution in [0, 0.1) is 11.3 Å². The molecule has 3 N–H and O–H groups in total. The Kier molecular flexibility index (Phi) is 4.38. The van der Waals surface area contributed by atoms with Crippen molar-refractivity contribution in [3.05, 3.63) is 47.5 Å². The summed E-state index contributed by atoms with van der Waals surface area (Å²) in [6, 6.07) is 8.56. The summed E-state index contributed by atoms with van der Waals surface area (Å²) < 4.78 is 5.47. The number of nitrogens with zero attached hydrogens (tertiary/aromatic N) is 1. The number of carboxylic acid groups (broad SMARTS) is 1. The van der Waals surface area contributed by atoms with Crippen LogP contribution in [0.5, 0.6) is 0 Å². The van der Waals surface area contributed by atoms with Crippen LogP contribution in [0.25, 0.3) is 0 Å². The standard InChI is InChI=1S/C15H15NO5/c16-8-10-1-3-11(4-2-10)9-21-15(14(19)20)6-5-12(17)13(18)7-15/h1-6,12-13,17-18H,7,9H2,(H,19,20)/t12-,13-,15+/m1/s1. The fourth-order valence-corrected chi connectivity index (χ4v) is 2.10. The van der Waals surface area contributed by atoms with Crippen LogP contribution in [0.2, 0.25) is 0 Å². The lowest BCUT2D eigenvalue weighted by molar-refractivity contribution is -0.167. The number of benzene rings is 1. The zero-order chi connectivity index (χ0) is 15.5. The summed E-state index contributed by atoms with van der Waals surface area (Å²) >= 11 is 0. The van der Waals surface area contributed by atoms with Crippen molar-refractivity contribution in [3.8, 4) is 6.07 Å². The highest BCUT2D eigenvalue weighted by atomic mass is 16.5. The molecule has 2 rings (SSSR count). The largest absolute Gasteiger partial charge is 0.479 e. The van der Waals surface area contributed by atoms with E-state index >= 15 is 0 Å². The van der Waals surface area contributed by atoms with Gasteiger partial charge in [-0.05, 0) is 23.8 Å². The molecule has 0 fully saturated rings. The second-order valence-corrected chi connectivity index (χ2v) is 4.91. The number of hydrogen-bond acceptors (Lipinski definition) is 5. The van der Waals surface area contributed by atoms with E-state index < -0.39 is 23.8 Å². The Bertz CT molecular complexity index is 589. The van der Waals surface area contributed by atoms with E-state index in [2.05, 4.69) is 0 Å². The summed E-state index contributed by atoms with van der Waals surface area (Å²) in [7, 11) is 0. The minimum atomic E-state index is -1.66. The lowest BCUT2D eigenvalue weighted by Crippen LogP contribution is -2.48. The minimum Gasteiger partial charge on any atom is -0.479 e. The van der Waals surface area contributed by atoms with Crippen LogP contribution in [-0.2, 0) is 16.1 Å². The summed E-state index contributed by atoms with van der Waals surface area (Å²) in [5, 5.41) is 37.1. The highest BCUT2D eigenvalue weighted by Gasteiger charge is 2.43. The van der Waals surface area contributed by atoms with Crippen molar-refractivity contribution in [2.24, 2.45) is 0 Å². The molecule has 0 heterocycles. The molecule has 0 amide bonds. The first-order chi connectivity index (χ1) is 9.97. The SMILES string of the molecule is N#Cc1ccc(CO[C@@]2(C(=O)O)C=C[C@@H](O)[C@H](O)C2)cc1. The number of aliphatic hydroxyl groups is 2. The molecular weight excluding hydrogens is 274 g/mol. The molecule has 0 bridgehead atoms. The molecule has 0 aromatic heterocycles. The van der Waals surface area contributed by atoms with Crippen molar-refractivity contribution in [1.82, 2.24) is 0 Å². The average molecular weight is 289 g/mol. The monoisotopic (exact) mass is 289 g/mol. The Morgan fingerprint density at radius 2 is 2.05 bits per heavy atom. The maximum Gasteiger partial charge on any atom is 0.340 e. The van der Waals surface area contributed by atoms with E-state index in [-0.39, 0.29) is 13.0 Å². The van der Waals surface area contributed by atoms with E-state index in [4.69, 9.17) is 10.00 Å². The van der Waals surface area contributed by atoms with E-state index in [0.717, 1.165) is 0 Å². The topological polar surface area (TPSA) is 111 Å². The van der Waals surface area contributed by atoms with Gasteiger partial charge in [0.05, 0.1) is 30.4 Å². The first-order valence-electron chi connectivity index (χ1n) is 6.39. The van der Waals surface area contributed by atoms with Crippen LogP contribution in [0.15, 0.2) is 36.4 Å². The molecule has 6 nitrogen and oxygen atoms in total. The number of ether oxygens (including phenoxy) is 1. The third kappa shape index (κ3) is 3.28. The molecule has 1 aliphatic rings. The second-order valence-electron chi connectivity index (χ2n) is 4.91. The summed E-state index contributed by atoms with van der Waals surface area (Å²) in [4.78, 5) is 11.4. The Morgan fingerprint density at radius 3 is 2.57 bits per heavy atom. The number of rotatable bonds is 4. The highest BCUT2D eigenvalue weighted by molar-refractivity contribution is 5.80. The van der Waals surface area contributed by atoms with Crippen LogP contribution >= 0.6 is 0 Å². The zero-order valence-electron chi connectivity index (χ0n) is 11.1. The summed E-state index contributed by atoms with van der Waals surface area (Å²) in [6.07, 6.45) is -0.0173. The number of carbonyl (C=O) groups is 1. The van der Waals surface area contributed by atoms with Gasteiger partial charge in [0.2, 0.25) is 0 Å². The van der Waals surface area contributed by atoms with Crippen molar-refractivity contribution in [2.75, 3.05) is 0 Å². The maximum absolute atomic E-state index is 11.4. The zero-order valence-corrected chi connectivity index (χ0v) is 11.1. The average Bonchev–Trinajstić information content (AvgIpc) is 2.49. The fraction of sp³-hybridized carbons (Fsp3) is 0.333. The second kappa shape index (κ2) is 6.06. The van der Waals surface area contributed by atoms with Gasteiger partial charge in [-0.25, -0.2) is 4.79 Å². The molecule has 0 unspecified atom stereocenters. The van der Waals surface area contributed by atoms with Gasteiger partial charge in [-0.1, -0.05) is 18.2 Å². The van der Waals surface area contributed by atoms with Gasteiger partial charge < -0.3 is 20.1 Å². The highest BCUT2D eigenvalue weighted by Crippen LogP contribution is 2.28. The van der Waals surface area contributed by atoms with E-state index in [9.17, 15) is 20.1 Å². The number of hydrogen-bond donors (Lipinski definition) is 3. The summed E-state index contributed by atoms with van der Waals surface area (Å²) in [5.74, 6) is -1.22. The molecule has 1 aliphatic carbocycles. The van der Waals surface area contributed by atoms with Crippen molar-refractivity contribution in [2.45, 2.75) is 30.8 Å². The molecule has 110 valence electrons. The fourth-order valence-electron chi connectivity index (χ4n) is 2.10. The van der Waals surface area contributed by atoms with Gasteiger partial charge in [-0.3, -0.25) is 0 Å². The molecule has 1 aromatic rings. The quantitative estimate of drug-likeness (QED) is 0.699. The van der Waals surface area contributed by atoms with E-state index in [0.29, 0.717) is 11.1 Å².